The minimum atomic E-state index is -0.394. The molecular weight excluding hydrogens is 536 g/mol. The van der Waals surface area contributed by atoms with Crippen LogP contribution in [0.25, 0.3) is 6.08 Å². The Bertz CT molecular complexity index is 1320. The first-order valence-electron chi connectivity index (χ1n) is 14.8. The monoisotopic (exact) mass is 574 g/mol. The molecule has 4 fully saturated rings. The van der Waals surface area contributed by atoms with Crippen molar-refractivity contribution >= 4 is 24.3 Å². The first-order valence-corrected chi connectivity index (χ1v) is 14.8. The summed E-state index contributed by atoms with van der Waals surface area (Å²) in [5.41, 5.74) is 3.26. The molecule has 4 aliphatic rings. The van der Waals surface area contributed by atoms with Crippen molar-refractivity contribution in [3.05, 3.63) is 71.3 Å². The summed E-state index contributed by atoms with van der Waals surface area (Å²) in [5.74, 6) is 0.883. The van der Waals surface area contributed by atoms with E-state index in [9.17, 15) is 14.4 Å². The number of rotatable bonds is 10. The predicted octanol–water partition coefficient (Wildman–Crippen LogP) is 4.56. The van der Waals surface area contributed by atoms with Gasteiger partial charge in [0.25, 0.3) is 0 Å². The number of carbonyl (C=O) groups is 3. The van der Waals surface area contributed by atoms with E-state index in [-0.39, 0.29) is 23.6 Å². The molecule has 1 saturated carbocycles. The molecule has 1 aliphatic carbocycles. The summed E-state index contributed by atoms with van der Waals surface area (Å²) in [5, 5.41) is 5.63. The van der Waals surface area contributed by atoms with Gasteiger partial charge < -0.3 is 34.6 Å². The molecule has 3 aliphatic heterocycles. The van der Waals surface area contributed by atoms with E-state index in [1.165, 1.54) is 5.57 Å². The normalized spacial score (nSPS) is 19.2. The Labute approximate surface area is 246 Å². The predicted molar refractivity (Wildman–Crippen MR) is 156 cm³/mol. The van der Waals surface area contributed by atoms with Crippen molar-refractivity contribution in [3.8, 4) is 5.75 Å². The number of hydrogen-bond donors (Lipinski definition) is 2. The number of amides is 4. The van der Waals surface area contributed by atoms with E-state index in [0.29, 0.717) is 32.8 Å². The first-order chi connectivity index (χ1) is 20.4. The van der Waals surface area contributed by atoms with Crippen molar-refractivity contribution in [3.63, 3.8) is 0 Å². The van der Waals surface area contributed by atoms with Crippen molar-refractivity contribution in [1.29, 1.82) is 0 Å². The Hall–Kier alpha value is -4.21. The molecule has 10 nitrogen and oxygen atoms in total. The Balaban J connectivity index is 0.857. The maximum atomic E-state index is 12.8. The average molecular weight is 575 g/mol. The minimum absolute atomic E-state index is 0.0577. The zero-order valence-corrected chi connectivity index (χ0v) is 23.8. The fourth-order valence-corrected chi connectivity index (χ4v) is 6.32. The van der Waals surface area contributed by atoms with Crippen LogP contribution in [0.5, 0.6) is 5.75 Å². The van der Waals surface area contributed by atoms with Gasteiger partial charge in [0.05, 0.1) is 19.7 Å². The molecule has 0 aromatic heterocycles. The van der Waals surface area contributed by atoms with Crippen molar-refractivity contribution in [2.45, 2.75) is 44.2 Å². The summed E-state index contributed by atoms with van der Waals surface area (Å²) in [4.78, 5) is 39.7. The molecule has 0 radical (unpaired) electrons. The summed E-state index contributed by atoms with van der Waals surface area (Å²) >= 11 is 0. The molecule has 2 aromatic carbocycles. The molecule has 3 heterocycles. The number of likely N-dealkylation sites (tertiary alicyclic amines) is 2. The highest BCUT2D eigenvalue weighted by Gasteiger charge is 2.56. The molecule has 2 aromatic rings. The van der Waals surface area contributed by atoms with Gasteiger partial charge in [-0.15, -0.1) is 0 Å². The van der Waals surface area contributed by atoms with E-state index in [1.807, 2.05) is 53.4 Å². The first kappa shape index (κ1) is 27.9. The lowest BCUT2D eigenvalue weighted by molar-refractivity contribution is -0.0283. The standard InChI is InChI=1S/C32H38N4O6/c37-28(41-18-24-9-3-1-4-10-24)33-13-7-2-8-14-40-27-12-6-5-11-26(27)15-25-16-31(17-25)19-35(20-31)30(39)36-21-32(22-36)23-42-29(38)34-32/h1,3-6,9-12,15H,2,7-8,13-14,16-23H2,(H,33,37)(H,34,38). The molecule has 222 valence electrons. The SMILES string of the molecule is O=C(NCCCCCOc1ccccc1C=C1CC2(C1)CN(C(=O)N1CC3(COC(=O)N3)C1)C2)OCc1ccccc1. The van der Waals surface area contributed by atoms with Crippen molar-refractivity contribution < 1.29 is 28.6 Å². The highest BCUT2D eigenvalue weighted by Crippen LogP contribution is 2.52. The van der Waals surface area contributed by atoms with E-state index in [1.54, 1.807) is 4.90 Å². The third-order valence-electron chi connectivity index (χ3n) is 8.47. The lowest BCUT2D eigenvalue weighted by Crippen LogP contribution is -2.74. The molecule has 2 N–H and O–H groups in total. The maximum absolute atomic E-state index is 12.8. The number of ether oxygens (including phenoxy) is 3. The van der Waals surface area contributed by atoms with Gasteiger partial charge in [0.15, 0.2) is 0 Å². The summed E-state index contributed by atoms with van der Waals surface area (Å²) < 4.78 is 16.3. The van der Waals surface area contributed by atoms with Crippen LogP contribution in [-0.2, 0) is 16.1 Å². The number of urea groups is 1. The van der Waals surface area contributed by atoms with Crippen LogP contribution in [0.2, 0.25) is 0 Å². The second-order valence-electron chi connectivity index (χ2n) is 12.1. The zero-order chi connectivity index (χ0) is 29.0. The van der Waals surface area contributed by atoms with Crippen LogP contribution in [-0.4, -0.2) is 79.5 Å². The smallest absolute Gasteiger partial charge is 0.407 e. The van der Waals surface area contributed by atoms with Gasteiger partial charge in [0.2, 0.25) is 0 Å². The van der Waals surface area contributed by atoms with Gasteiger partial charge >= 0.3 is 18.2 Å². The van der Waals surface area contributed by atoms with Crippen LogP contribution in [0.1, 0.15) is 43.2 Å². The Morgan fingerprint density at radius 2 is 1.69 bits per heavy atom. The molecule has 0 bridgehead atoms. The molecule has 0 atom stereocenters. The van der Waals surface area contributed by atoms with Gasteiger partial charge in [0.1, 0.15) is 24.5 Å². The Morgan fingerprint density at radius 1 is 0.952 bits per heavy atom. The van der Waals surface area contributed by atoms with Crippen LogP contribution in [0.4, 0.5) is 14.4 Å². The fourth-order valence-electron chi connectivity index (χ4n) is 6.32. The van der Waals surface area contributed by atoms with Crippen molar-refractivity contribution in [2.24, 2.45) is 5.41 Å². The number of cyclic esters (lactones) is 1. The fraction of sp³-hybridized carbons (Fsp3) is 0.469. The van der Waals surface area contributed by atoms with Crippen LogP contribution in [0.3, 0.4) is 0 Å². The largest absolute Gasteiger partial charge is 0.493 e. The van der Waals surface area contributed by atoms with E-state index in [4.69, 9.17) is 14.2 Å². The van der Waals surface area contributed by atoms with Crippen molar-refractivity contribution in [2.75, 3.05) is 45.9 Å². The van der Waals surface area contributed by atoms with E-state index in [0.717, 1.165) is 62.1 Å². The van der Waals surface area contributed by atoms with E-state index in [2.05, 4.69) is 22.8 Å². The maximum Gasteiger partial charge on any atom is 0.407 e. The summed E-state index contributed by atoms with van der Waals surface area (Å²) in [6.07, 6.45) is 6.15. The third-order valence-corrected chi connectivity index (χ3v) is 8.47. The molecule has 4 amide bonds. The second-order valence-corrected chi connectivity index (χ2v) is 12.1. The summed E-state index contributed by atoms with van der Waals surface area (Å²) in [6.45, 7) is 4.41. The number of hydrogen-bond acceptors (Lipinski definition) is 6. The lowest BCUT2D eigenvalue weighted by Gasteiger charge is -2.59. The zero-order valence-electron chi connectivity index (χ0n) is 23.8. The molecule has 3 saturated heterocycles. The number of para-hydroxylation sites is 1. The van der Waals surface area contributed by atoms with E-state index >= 15 is 0 Å². The third kappa shape index (κ3) is 6.32. The van der Waals surface area contributed by atoms with Gasteiger partial charge in [-0.2, -0.15) is 0 Å². The number of nitrogens with one attached hydrogen (secondary N) is 2. The van der Waals surface area contributed by atoms with Crippen LogP contribution >= 0.6 is 0 Å². The van der Waals surface area contributed by atoms with Gasteiger partial charge in [-0.3, -0.25) is 0 Å². The second kappa shape index (κ2) is 12.0. The number of allylic oxidation sites excluding steroid dienone is 1. The number of carbonyl (C=O) groups excluding carboxylic acids is 3. The molecule has 42 heavy (non-hydrogen) atoms. The average Bonchev–Trinajstić information content (AvgIpc) is 3.34. The summed E-state index contributed by atoms with van der Waals surface area (Å²) in [7, 11) is 0. The highest BCUT2D eigenvalue weighted by atomic mass is 16.6. The topological polar surface area (TPSA) is 109 Å². The van der Waals surface area contributed by atoms with Crippen LogP contribution in [0, 0.1) is 5.41 Å². The molecular formula is C32H38N4O6. The highest BCUT2D eigenvalue weighted by molar-refractivity contribution is 5.79. The van der Waals surface area contributed by atoms with Gasteiger partial charge in [-0.1, -0.05) is 60.2 Å². The summed E-state index contributed by atoms with van der Waals surface area (Å²) in [6, 6.07) is 17.8. The van der Waals surface area contributed by atoms with Gasteiger partial charge in [-0.05, 0) is 43.7 Å². The lowest BCUT2D eigenvalue weighted by atomic mass is 9.60. The van der Waals surface area contributed by atoms with Crippen LogP contribution in [0.15, 0.2) is 60.2 Å². The molecule has 6 rings (SSSR count). The van der Waals surface area contributed by atoms with Gasteiger partial charge in [-0.25, -0.2) is 14.4 Å². The van der Waals surface area contributed by atoms with Gasteiger partial charge in [0, 0.05) is 30.6 Å². The number of nitrogens with zero attached hydrogens (tertiary/aromatic N) is 2. The number of unbranched alkanes of at least 4 members (excludes halogenated alkanes) is 2. The minimum Gasteiger partial charge on any atom is -0.493 e. The number of benzene rings is 2. The number of alkyl carbamates (subject to hydrolysis) is 2. The van der Waals surface area contributed by atoms with Crippen LogP contribution < -0.4 is 15.4 Å². The van der Waals surface area contributed by atoms with Crippen molar-refractivity contribution in [1.82, 2.24) is 20.4 Å². The molecule has 2 spiro atoms. The Morgan fingerprint density at radius 3 is 2.45 bits per heavy atom. The molecule has 0 unspecified atom stereocenters. The molecule has 10 heteroatoms. The Kier molecular flexibility index (Phi) is 7.95. The quantitative estimate of drug-likeness (QED) is 0.403. The van der Waals surface area contributed by atoms with E-state index < -0.39 is 12.2 Å².